The fraction of sp³-hybridized carbons (Fsp3) is 0.625. The number of nitrogens with zero attached hydrogens (tertiary/aromatic N) is 1. The van der Waals surface area contributed by atoms with Crippen molar-refractivity contribution in [2.24, 2.45) is 0 Å². The van der Waals surface area contributed by atoms with Gasteiger partial charge in [-0.05, 0) is 44.2 Å². The van der Waals surface area contributed by atoms with Gasteiger partial charge >= 0.3 is 0 Å². The number of aliphatic hydroxyl groups excluding tert-OH is 1. The molecule has 4 nitrogen and oxygen atoms in total. The Morgan fingerprint density at radius 3 is 2.80 bits per heavy atom. The third-order valence-corrected chi connectivity index (χ3v) is 3.86. The number of benzene rings is 1. The van der Waals surface area contributed by atoms with Gasteiger partial charge in [0.1, 0.15) is 5.75 Å². The highest BCUT2D eigenvalue weighted by Crippen LogP contribution is 2.33. The van der Waals surface area contributed by atoms with Crippen LogP contribution in [-0.2, 0) is 0 Å². The van der Waals surface area contributed by atoms with Crippen molar-refractivity contribution in [2.45, 2.75) is 45.1 Å². The first-order valence-corrected chi connectivity index (χ1v) is 7.66. The lowest BCUT2D eigenvalue weighted by Crippen LogP contribution is -2.41. The highest BCUT2D eigenvalue weighted by atomic mass is 16.5. The molecule has 20 heavy (non-hydrogen) atoms. The van der Waals surface area contributed by atoms with Crippen LogP contribution in [0.4, 0.5) is 11.4 Å². The van der Waals surface area contributed by atoms with Crippen molar-refractivity contribution in [2.75, 3.05) is 30.4 Å². The molecular formula is C16H26N2O2. The summed E-state index contributed by atoms with van der Waals surface area (Å²) < 4.78 is 5.71. The Hall–Kier alpha value is -1.42. The summed E-state index contributed by atoms with van der Waals surface area (Å²) >= 11 is 0. The molecule has 112 valence electrons. The molecule has 0 unspecified atom stereocenters. The molecule has 3 N–H and O–H groups in total. The largest absolute Gasteiger partial charge is 0.491 e. The minimum absolute atomic E-state index is 0.234. The van der Waals surface area contributed by atoms with Crippen LogP contribution < -0.4 is 15.4 Å². The van der Waals surface area contributed by atoms with Crippen molar-refractivity contribution in [3.8, 4) is 5.75 Å². The molecule has 4 heteroatoms. The van der Waals surface area contributed by atoms with Crippen LogP contribution in [0, 0.1) is 0 Å². The van der Waals surface area contributed by atoms with E-state index in [4.69, 9.17) is 15.6 Å². The van der Waals surface area contributed by atoms with Crippen LogP contribution in [-0.4, -0.2) is 30.9 Å². The summed E-state index contributed by atoms with van der Waals surface area (Å²) in [5, 5.41) is 9.08. The number of rotatable bonds is 8. The molecule has 1 aromatic rings. The summed E-state index contributed by atoms with van der Waals surface area (Å²) in [7, 11) is 0. The molecule has 1 aliphatic carbocycles. The summed E-state index contributed by atoms with van der Waals surface area (Å²) in [5.74, 6) is 0.776. The minimum Gasteiger partial charge on any atom is -0.491 e. The van der Waals surface area contributed by atoms with Crippen LogP contribution in [0.15, 0.2) is 18.2 Å². The van der Waals surface area contributed by atoms with Gasteiger partial charge in [-0.15, -0.1) is 0 Å². The van der Waals surface area contributed by atoms with Gasteiger partial charge in [-0.3, -0.25) is 0 Å². The molecule has 0 aliphatic heterocycles. The molecule has 1 aromatic carbocycles. The second-order valence-corrected chi connectivity index (χ2v) is 5.43. The summed E-state index contributed by atoms with van der Waals surface area (Å²) in [5.41, 5.74) is 7.82. The highest BCUT2D eigenvalue weighted by Gasteiger charge is 2.25. The number of hydrogen-bond acceptors (Lipinski definition) is 4. The number of nitrogen functional groups attached to an aromatic ring is 1. The molecule has 0 spiro atoms. The zero-order valence-electron chi connectivity index (χ0n) is 12.3. The van der Waals surface area contributed by atoms with Crippen LogP contribution in [0.5, 0.6) is 5.75 Å². The normalized spacial score (nSPS) is 14.9. The average Bonchev–Trinajstić information content (AvgIpc) is 2.40. The van der Waals surface area contributed by atoms with Gasteiger partial charge in [-0.1, -0.05) is 6.92 Å². The quantitative estimate of drug-likeness (QED) is 0.718. The van der Waals surface area contributed by atoms with E-state index in [1.807, 2.05) is 12.1 Å². The maximum atomic E-state index is 9.08. The van der Waals surface area contributed by atoms with E-state index in [-0.39, 0.29) is 6.61 Å². The van der Waals surface area contributed by atoms with Crippen LogP contribution in [0.3, 0.4) is 0 Å². The standard InChI is InChI=1S/C16H26N2O2/c1-2-11-20-16-12-14(7-8-15(16)17)18(9-4-10-19)13-5-3-6-13/h7-8,12-13,19H,2-6,9-11,17H2,1H3. The molecule has 0 atom stereocenters. The number of aliphatic hydroxyl groups is 1. The minimum atomic E-state index is 0.234. The van der Waals surface area contributed by atoms with Crippen LogP contribution in [0.25, 0.3) is 0 Å². The molecule has 0 aromatic heterocycles. The van der Waals surface area contributed by atoms with Gasteiger partial charge in [-0.25, -0.2) is 0 Å². The zero-order chi connectivity index (χ0) is 14.4. The molecule has 0 saturated heterocycles. The fourth-order valence-corrected chi connectivity index (χ4v) is 2.50. The molecule has 2 rings (SSSR count). The summed E-state index contributed by atoms with van der Waals surface area (Å²) in [6, 6.07) is 6.62. The third-order valence-electron chi connectivity index (χ3n) is 3.86. The predicted octanol–water partition coefficient (Wildman–Crippen LogP) is 2.80. The van der Waals surface area contributed by atoms with E-state index in [1.54, 1.807) is 0 Å². The Kier molecular flexibility index (Phi) is 5.53. The topological polar surface area (TPSA) is 58.7 Å². The van der Waals surface area contributed by atoms with Crippen molar-refractivity contribution < 1.29 is 9.84 Å². The Morgan fingerprint density at radius 1 is 1.40 bits per heavy atom. The van der Waals surface area contributed by atoms with Gasteiger partial charge in [0.25, 0.3) is 0 Å². The molecule has 0 bridgehead atoms. The lowest BCUT2D eigenvalue weighted by Gasteiger charge is -2.39. The number of nitrogens with two attached hydrogens (primary N) is 1. The van der Waals surface area contributed by atoms with Crippen LogP contribution >= 0.6 is 0 Å². The van der Waals surface area contributed by atoms with E-state index in [9.17, 15) is 0 Å². The molecule has 0 heterocycles. The highest BCUT2D eigenvalue weighted by molar-refractivity contribution is 5.62. The first kappa shape index (κ1) is 15.0. The van der Waals surface area contributed by atoms with E-state index in [0.717, 1.165) is 30.8 Å². The van der Waals surface area contributed by atoms with Crippen molar-refractivity contribution in [1.29, 1.82) is 0 Å². The number of ether oxygens (including phenoxy) is 1. The summed E-state index contributed by atoms with van der Waals surface area (Å²) in [6.07, 6.45) is 5.54. The Bertz CT molecular complexity index is 419. The maximum absolute atomic E-state index is 9.08. The molecule has 1 saturated carbocycles. The van der Waals surface area contributed by atoms with Crippen molar-refractivity contribution in [1.82, 2.24) is 0 Å². The molecule has 0 amide bonds. The van der Waals surface area contributed by atoms with E-state index in [0.29, 0.717) is 18.3 Å². The molecule has 1 fully saturated rings. The molecular weight excluding hydrogens is 252 g/mol. The molecule has 1 aliphatic rings. The number of hydrogen-bond donors (Lipinski definition) is 2. The monoisotopic (exact) mass is 278 g/mol. The Labute approximate surface area is 121 Å². The van der Waals surface area contributed by atoms with E-state index < -0.39 is 0 Å². The predicted molar refractivity (Wildman–Crippen MR) is 83.3 cm³/mol. The Balaban J connectivity index is 2.14. The lowest BCUT2D eigenvalue weighted by molar-refractivity contribution is 0.283. The van der Waals surface area contributed by atoms with Crippen molar-refractivity contribution in [3.63, 3.8) is 0 Å². The van der Waals surface area contributed by atoms with Gasteiger partial charge < -0.3 is 20.5 Å². The second kappa shape index (κ2) is 7.39. The van der Waals surface area contributed by atoms with Gasteiger partial charge in [0.05, 0.1) is 12.3 Å². The first-order valence-electron chi connectivity index (χ1n) is 7.66. The lowest BCUT2D eigenvalue weighted by atomic mass is 9.91. The Morgan fingerprint density at radius 2 is 2.20 bits per heavy atom. The van der Waals surface area contributed by atoms with Crippen LogP contribution in [0.1, 0.15) is 39.0 Å². The van der Waals surface area contributed by atoms with E-state index in [1.165, 1.54) is 19.3 Å². The first-order chi connectivity index (χ1) is 9.76. The second-order valence-electron chi connectivity index (χ2n) is 5.43. The van der Waals surface area contributed by atoms with Crippen molar-refractivity contribution in [3.05, 3.63) is 18.2 Å². The van der Waals surface area contributed by atoms with Gasteiger partial charge in [0, 0.05) is 30.9 Å². The smallest absolute Gasteiger partial charge is 0.144 e. The van der Waals surface area contributed by atoms with Gasteiger partial charge in [-0.2, -0.15) is 0 Å². The molecule has 0 radical (unpaired) electrons. The van der Waals surface area contributed by atoms with Gasteiger partial charge in [0.2, 0.25) is 0 Å². The summed E-state index contributed by atoms with van der Waals surface area (Å²) in [4.78, 5) is 2.39. The van der Waals surface area contributed by atoms with Crippen LogP contribution in [0.2, 0.25) is 0 Å². The zero-order valence-corrected chi connectivity index (χ0v) is 12.3. The van der Waals surface area contributed by atoms with Gasteiger partial charge in [0.15, 0.2) is 0 Å². The van der Waals surface area contributed by atoms with E-state index in [2.05, 4.69) is 17.9 Å². The fourth-order valence-electron chi connectivity index (χ4n) is 2.50. The average molecular weight is 278 g/mol. The summed E-state index contributed by atoms with van der Waals surface area (Å²) in [6.45, 7) is 3.89. The third kappa shape index (κ3) is 3.57. The van der Waals surface area contributed by atoms with E-state index >= 15 is 0 Å². The SMILES string of the molecule is CCCOc1cc(N(CCCO)C2CCC2)ccc1N. The maximum Gasteiger partial charge on any atom is 0.144 e. The number of anilines is 2. The van der Waals surface area contributed by atoms with Crippen molar-refractivity contribution >= 4 is 11.4 Å².